The normalized spacial score (nSPS) is 9.75. The van der Waals surface area contributed by atoms with Gasteiger partial charge >= 0.3 is 5.69 Å². The molecule has 1 aromatic heterocycles. The number of hydrogen-bond donors (Lipinski definition) is 1. The van der Waals surface area contributed by atoms with E-state index in [1.807, 2.05) is 0 Å². The molecule has 0 aromatic carbocycles. The Morgan fingerprint density at radius 1 is 1.75 bits per heavy atom. The van der Waals surface area contributed by atoms with Crippen LogP contribution < -0.4 is 10.3 Å². The lowest BCUT2D eigenvalue weighted by Gasteiger charge is -2.13. The van der Waals surface area contributed by atoms with Crippen molar-refractivity contribution in [3.8, 4) is 0 Å². The number of nitrogens with one attached hydrogen (secondary N) is 1. The molecule has 1 aromatic rings. The molecule has 1 amide bonds. The van der Waals surface area contributed by atoms with Crippen LogP contribution in [-0.4, -0.2) is 26.3 Å². The molecule has 0 spiro atoms. The van der Waals surface area contributed by atoms with E-state index in [0.717, 1.165) is 0 Å². The lowest BCUT2D eigenvalue weighted by atomic mass is 10.5. The van der Waals surface area contributed by atoms with Gasteiger partial charge in [0, 0.05) is 13.1 Å². The van der Waals surface area contributed by atoms with Gasteiger partial charge in [-0.05, 0) is 6.07 Å². The lowest BCUT2D eigenvalue weighted by molar-refractivity contribution is -0.115. The van der Waals surface area contributed by atoms with Crippen LogP contribution in [0.1, 0.15) is 6.92 Å². The number of nitrogens with zero attached hydrogens (tertiary/aromatic N) is 2. The van der Waals surface area contributed by atoms with E-state index in [-0.39, 0.29) is 5.91 Å². The molecule has 0 radical (unpaired) electrons. The fourth-order valence-electron chi connectivity index (χ4n) is 0.724. The van der Waals surface area contributed by atoms with Gasteiger partial charge in [0.2, 0.25) is 5.91 Å². The van der Waals surface area contributed by atoms with Crippen LogP contribution in [0, 0.1) is 0 Å². The number of carbonyl (C=O) groups is 1. The zero-order chi connectivity index (χ0) is 9.14. The summed E-state index contributed by atoms with van der Waals surface area (Å²) in [5.74, 6) is 0.428. The quantitative estimate of drug-likeness (QED) is 0.533. The Labute approximate surface area is 71.9 Å². The minimum Gasteiger partial charge on any atom is -0.336 e. The number of amides is 1. The summed E-state index contributed by atoms with van der Waals surface area (Å²) in [6.07, 6.45) is 1.38. The maximum atomic E-state index is 10.9. The summed E-state index contributed by atoms with van der Waals surface area (Å²) in [6, 6.07) is 1.59. The highest BCUT2D eigenvalue weighted by Crippen LogP contribution is 2.02. The van der Waals surface area contributed by atoms with E-state index < -0.39 is 5.69 Å². The third-order valence-corrected chi connectivity index (χ3v) is 2.60. The number of anilines is 1. The predicted molar refractivity (Wildman–Crippen MR) is 48.0 cm³/mol. The summed E-state index contributed by atoms with van der Waals surface area (Å²) >= 11 is 0. The summed E-state index contributed by atoms with van der Waals surface area (Å²) in [5, 5.41) is 0. The van der Waals surface area contributed by atoms with Gasteiger partial charge in [-0.2, -0.15) is 0 Å². The topological polar surface area (TPSA) is 66.1 Å². The molecule has 0 bridgehead atoms. The van der Waals surface area contributed by atoms with Gasteiger partial charge in [-0.25, -0.2) is 9.78 Å². The first-order valence-electron chi connectivity index (χ1n) is 3.41. The molecule has 0 fully saturated rings. The molecule has 0 aliphatic heterocycles. The first-order valence-corrected chi connectivity index (χ1v) is 4.30. The molecular formula is C6H9N3O2Si. The van der Waals surface area contributed by atoms with Crippen LogP contribution in [0.25, 0.3) is 0 Å². The fourth-order valence-corrected chi connectivity index (χ4v) is 0.985. The Kier molecular flexibility index (Phi) is 2.39. The minimum atomic E-state index is -0.436. The van der Waals surface area contributed by atoms with Crippen molar-refractivity contribution >= 4 is 22.1 Å². The van der Waals surface area contributed by atoms with E-state index in [9.17, 15) is 9.59 Å². The molecule has 0 aliphatic carbocycles. The molecule has 1 N–H and O–H groups in total. The number of aromatic amines is 1. The summed E-state index contributed by atoms with van der Waals surface area (Å²) < 4.78 is 1.48. The van der Waals surface area contributed by atoms with Crippen LogP contribution in [0.5, 0.6) is 0 Å². The van der Waals surface area contributed by atoms with Crippen molar-refractivity contribution in [1.82, 2.24) is 9.97 Å². The van der Waals surface area contributed by atoms with E-state index in [1.165, 1.54) is 17.7 Å². The van der Waals surface area contributed by atoms with Crippen LogP contribution in [0.4, 0.5) is 5.82 Å². The molecule has 6 heteroatoms. The number of aromatic nitrogens is 2. The van der Waals surface area contributed by atoms with Crippen molar-refractivity contribution in [3.05, 3.63) is 22.7 Å². The fraction of sp³-hybridized carbons (Fsp3) is 0.167. The van der Waals surface area contributed by atoms with Gasteiger partial charge in [0.25, 0.3) is 0 Å². The second-order valence-corrected chi connectivity index (χ2v) is 3.23. The lowest BCUT2D eigenvalue weighted by Crippen LogP contribution is -2.28. The van der Waals surface area contributed by atoms with Crippen molar-refractivity contribution in [2.45, 2.75) is 6.92 Å². The molecule has 64 valence electrons. The van der Waals surface area contributed by atoms with Gasteiger partial charge < -0.3 is 4.57 Å². The SMILES string of the molecule is CC(=O)N([SiH3])c1ccnc(=O)[nH]1. The Bertz CT molecular complexity index is 349. The first kappa shape index (κ1) is 8.66. The summed E-state index contributed by atoms with van der Waals surface area (Å²) in [4.78, 5) is 27.5. The van der Waals surface area contributed by atoms with Crippen LogP contribution in [0.15, 0.2) is 17.1 Å². The highest BCUT2D eigenvalue weighted by Gasteiger charge is 2.04. The third-order valence-electron chi connectivity index (χ3n) is 1.49. The molecule has 0 atom stereocenters. The standard InChI is InChI=1S/C6H9N3O2Si/c1-4(10)9(12)5-2-3-7-6(11)8-5/h2-3H,1,12H3,(H,7,8,11). The molecule has 0 unspecified atom stereocenters. The molecule has 0 aliphatic rings. The minimum absolute atomic E-state index is 0.0801. The highest BCUT2D eigenvalue weighted by atomic mass is 28.2. The van der Waals surface area contributed by atoms with E-state index >= 15 is 0 Å². The number of H-pyrrole nitrogens is 1. The number of carbonyl (C=O) groups excluding carboxylic acids is 1. The van der Waals surface area contributed by atoms with Crippen LogP contribution in [0.2, 0.25) is 0 Å². The van der Waals surface area contributed by atoms with Crippen molar-refractivity contribution < 1.29 is 4.79 Å². The molecular weight excluding hydrogens is 174 g/mol. The first-order chi connectivity index (χ1) is 5.61. The summed E-state index contributed by atoms with van der Waals surface area (Å²) in [5.41, 5.74) is -0.436. The Balaban J connectivity index is 3.03. The molecule has 1 rings (SSSR count). The Morgan fingerprint density at radius 3 is 2.92 bits per heavy atom. The van der Waals surface area contributed by atoms with Crippen molar-refractivity contribution in [2.75, 3.05) is 4.57 Å². The third kappa shape index (κ3) is 1.79. The zero-order valence-corrected chi connectivity index (χ0v) is 8.87. The van der Waals surface area contributed by atoms with Gasteiger partial charge in [-0.1, -0.05) is 0 Å². The molecule has 1 heterocycles. The van der Waals surface area contributed by atoms with Gasteiger partial charge in [0.1, 0.15) is 16.2 Å². The second kappa shape index (κ2) is 3.31. The van der Waals surface area contributed by atoms with Gasteiger partial charge in [0.15, 0.2) is 0 Å². The largest absolute Gasteiger partial charge is 0.346 e. The van der Waals surface area contributed by atoms with E-state index in [4.69, 9.17) is 0 Å². The molecule has 12 heavy (non-hydrogen) atoms. The van der Waals surface area contributed by atoms with E-state index in [1.54, 1.807) is 6.07 Å². The van der Waals surface area contributed by atoms with Crippen LogP contribution >= 0.6 is 0 Å². The molecule has 5 nitrogen and oxygen atoms in total. The molecule has 0 saturated carbocycles. The van der Waals surface area contributed by atoms with Crippen LogP contribution in [-0.2, 0) is 4.79 Å². The highest BCUT2D eigenvalue weighted by molar-refractivity contribution is 6.29. The number of hydrogen-bond acceptors (Lipinski definition) is 3. The van der Waals surface area contributed by atoms with Crippen molar-refractivity contribution in [1.29, 1.82) is 0 Å². The zero-order valence-electron chi connectivity index (χ0n) is 6.87. The second-order valence-electron chi connectivity index (χ2n) is 2.34. The van der Waals surface area contributed by atoms with Crippen molar-refractivity contribution in [2.24, 2.45) is 0 Å². The maximum Gasteiger partial charge on any atom is 0.346 e. The average Bonchev–Trinajstić information content (AvgIpc) is 2.03. The molecule has 0 saturated heterocycles. The Hall–Kier alpha value is -1.43. The van der Waals surface area contributed by atoms with Crippen LogP contribution in [0.3, 0.4) is 0 Å². The summed E-state index contributed by atoms with van der Waals surface area (Å²) in [6.45, 7) is 1.45. The van der Waals surface area contributed by atoms with Gasteiger partial charge in [0.05, 0.1) is 0 Å². The van der Waals surface area contributed by atoms with Crippen molar-refractivity contribution in [3.63, 3.8) is 0 Å². The average molecular weight is 183 g/mol. The smallest absolute Gasteiger partial charge is 0.336 e. The monoisotopic (exact) mass is 183 g/mol. The van der Waals surface area contributed by atoms with E-state index in [2.05, 4.69) is 9.97 Å². The van der Waals surface area contributed by atoms with E-state index in [0.29, 0.717) is 16.2 Å². The van der Waals surface area contributed by atoms with Gasteiger partial charge in [-0.3, -0.25) is 9.78 Å². The Morgan fingerprint density at radius 2 is 2.42 bits per heavy atom. The maximum absolute atomic E-state index is 10.9. The summed E-state index contributed by atoms with van der Waals surface area (Å²) in [7, 11) is 0.545. The number of rotatable bonds is 1. The predicted octanol–water partition coefficient (Wildman–Crippen LogP) is -1.60. The van der Waals surface area contributed by atoms with Gasteiger partial charge in [-0.15, -0.1) is 0 Å².